The van der Waals surface area contributed by atoms with E-state index in [0.717, 1.165) is 49.4 Å². The predicted molar refractivity (Wildman–Crippen MR) is 126 cm³/mol. The van der Waals surface area contributed by atoms with Gasteiger partial charge in [-0.15, -0.1) is 0 Å². The lowest BCUT2D eigenvalue weighted by atomic mass is 9.87. The van der Waals surface area contributed by atoms with Crippen molar-refractivity contribution in [2.24, 2.45) is 5.73 Å². The molecule has 2 aliphatic heterocycles. The second-order valence-electron chi connectivity index (χ2n) is 9.55. The molecule has 0 aromatic heterocycles. The molecule has 6 nitrogen and oxygen atoms in total. The molecule has 1 saturated carbocycles. The largest absolute Gasteiger partial charge is 0.493 e. The zero-order valence-electron chi connectivity index (χ0n) is 19.4. The molecular formula is C26H31F2N3O3. The van der Waals surface area contributed by atoms with Gasteiger partial charge in [0.05, 0.1) is 12.8 Å². The fraction of sp³-hybridized carbons (Fsp3) is 0.500. The van der Waals surface area contributed by atoms with E-state index in [-0.39, 0.29) is 12.0 Å². The normalized spacial score (nSPS) is 21.3. The second-order valence-corrected chi connectivity index (χ2v) is 9.55. The molecule has 2 unspecified atom stereocenters. The number of halogens is 2. The van der Waals surface area contributed by atoms with Gasteiger partial charge in [-0.05, 0) is 62.4 Å². The number of anilines is 1. The maximum atomic E-state index is 14.1. The Morgan fingerprint density at radius 2 is 2.09 bits per heavy atom. The van der Waals surface area contributed by atoms with Crippen LogP contribution in [0.4, 0.5) is 14.5 Å². The average molecular weight is 472 g/mol. The molecule has 182 valence electrons. The van der Waals surface area contributed by atoms with Gasteiger partial charge in [-0.25, -0.2) is 8.78 Å². The van der Waals surface area contributed by atoms with E-state index in [2.05, 4.69) is 10.2 Å². The van der Waals surface area contributed by atoms with E-state index in [1.807, 2.05) is 0 Å². The van der Waals surface area contributed by atoms with Gasteiger partial charge in [0.1, 0.15) is 18.2 Å². The number of amides is 1. The van der Waals surface area contributed by atoms with Crippen molar-refractivity contribution in [3.8, 4) is 11.5 Å². The van der Waals surface area contributed by atoms with Crippen molar-refractivity contribution in [1.29, 1.82) is 0 Å². The van der Waals surface area contributed by atoms with Gasteiger partial charge in [-0.1, -0.05) is 6.42 Å². The Balaban J connectivity index is 1.30. The van der Waals surface area contributed by atoms with Crippen LogP contribution in [-0.2, 0) is 6.42 Å². The van der Waals surface area contributed by atoms with Crippen molar-refractivity contribution >= 4 is 11.6 Å². The third kappa shape index (κ3) is 4.19. The standard InChI is InChI=1S/C26H31F2N3O3/c1-33-23-8-7-19(26(29)32)21-12-18(14-34-25(21)23)31(17-5-2-6-17)9-3-4-15-13-30-24-20(15)10-16(27)11-22(24)28/h7-8,10-11,15,17-18,30H,2-6,9,12-14H2,1H3,(H2,29,32). The van der Waals surface area contributed by atoms with Gasteiger partial charge in [0, 0.05) is 41.7 Å². The van der Waals surface area contributed by atoms with Gasteiger partial charge in [0.15, 0.2) is 11.5 Å². The number of fused-ring (bicyclic) bond motifs is 2. The summed E-state index contributed by atoms with van der Waals surface area (Å²) in [6.07, 6.45) is 5.93. The molecule has 2 aromatic carbocycles. The predicted octanol–water partition coefficient (Wildman–Crippen LogP) is 4.22. The summed E-state index contributed by atoms with van der Waals surface area (Å²) in [7, 11) is 1.59. The number of methoxy groups -OCH3 is 1. The van der Waals surface area contributed by atoms with E-state index in [1.54, 1.807) is 19.2 Å². The number of carbonyl (C=O) groups excluding carboxylic acids is 1. The van der Waals surface area contributed by atoms with Gasteiger partial charge in [0.25, 0.3) is 0 Å². The van der Waals surface area contributed by atoms with Crippen molar-refractivity contribution in [3.63, 3.8) is 0 Å². The Labute approximate surface area is 198 Å². The Kier molecular flexibility index (Phi) is 6.34. The number of nitrogens with zero attached hydrogens (tertiary/aromatic N) is 1. The minimum absolute atomic E-state index is 0.0949. The summed E-state index contributed by atoms with van der Waals surface area (Å²) in [5.74, 6) is -0.198. The average Bonchev–Trinajstić information content (AvgIpc) is 3.18. The number of ether oxygens (including phenoxy) is 2. The van der Waals surface area contributed by atoms with Crippen LogP contribution in [0.25, 0.3) is 0 Å². The van der Waals surface area contributed by atoms with Crippen LogP contribution < -0.4 is 20.5 Å². The zero-order chi connectivity index (χ0) is 23.8. The molecule has 8 heteroatoms. The molecule has 3 N–H and O–H groups in total. The monoisotopic (exact) mass is 471 g/mol. The van der Waals surface area contributed by atoms with Crippen molar-refractivity contribution in [1.82, 2.24) is 4.90 Å². The third-order valence-electron chi connectivity index (χ3n) is 7.60. The summed E-state index contributed by atoms with van der Waals surface area (Å²) < 4.78 is 39.4. The molecule has 0 saturated heterocycles. The maximum absolute atomic E-state index is 14.1. The lowest BCUT2D eigenvalue weighted by molar-refractivity contribution is 0.0417. The lowest BCUT2D eigenvalue weighted by Gasteiger charge is -2.44. The summed E-state index contributed by atoms with van der Waals surface area (Å²) in [6, 6.07) is 6.44. The molecule has 0 bridgehead atoms. The third-order valence-corrected chi connectivity index (χ3v) is 7.60. The molecule has 3 aliphatic rings. The number of rotatable bonds is 8. The first-order chi connectivity index (χ1) is 16.5. The van der Waals surface area contributed by atoms with Crippen LogP contribution in [0.5, 0.6) is 11.5 Å². The highest BCUT2D eigenvalue weighted by Crippen LogP contribution is 2.40. The van der Waals surface area contributed by atoms with Gasteiger partial charge < -0.3 is 20.5 Å². The highest BCUT2D eigenvalue weighted by molar-refractivity contribution is 5.95. The second kappa shape index (κ2) is 9.41. The van der Waals surface area contributed by atoms with Gasteiger partial charge >= 0.3 is 0 Å². The van der Waals surface area contributed by atoms with Crippen molar-refractivity contribution in [2.75, 3.05) is 32.1 Å². The number of hydrogen-bond donors (Lipinski definition) is 2. The fourth-order valence-corrected chi connectivity index (χ4v) is 5.64. The number of primary amides is 1. The van der Waals surface area contributed by atoms with E-state index >= 15 is 0 Å². The van der Waals surface area contributed by atoms with Crippen molar-refractivity contribution in [2.45, 2.75) is 56.5 Å². The van der Waals surface area contributed by atoms with Gasteiger partial charge in [0.2, 0.25) is 5.91 Å². The van der Waals surface area contributed by atoms with Crippen LogP contribution in [0.2, 0.25) is 0 Å². The zero-order valence-corrected chi connectivity index (χ0v) is 19.4. The van der Waals surface area contributed by atoms with E-state index < -0.39 is 17.5 Å². The Morgan fingerprint density at radius 1 is 1.26 bits per heavy atom. The molecule has 2 aromatic rings. The van der Waals surface area contributed by atoms with Crippen LogP contribution in [0.15, 0.2) is 24.3 Å². The fourth-order valence-electron chi connectivity index (χ4n) is 5.64. The highest BCUT2D eigenvalue weighted by atomic mass is 19.1. The number of carbonyl (C=O) groups is 1. The minimum atomic E-state index is -0.528. The van der Waals surface area contributed by atoms with Gasteiger partial charge in [-0.2, -0.15) is 0 Å². The van der Waals surface area contributed by atoms with Crippen LogP contribution in [0, 0.1) is 11.6 Å². The first-order valence-electron chi connectivity index (χ1n) is 12.1. The van der Waals surface area contributed by atoms with Crippen LogP contribution in [-0.4, -0.2) is 49.7 Å². The molecule has 1 amide bonds. The molecule has 5 rings (SSSR count). The summed E-state index contributed by atoms with van der Waals surface area (Å²) in [5, 5.41) is 3.10. The smallest absolute Gasteiger partial charge is 0.249 e. The van der Waals surface area contributed by atoms with E-state index in [9.17, 15) is 13.6 Å². The van der Waals surface area contributed by atoms with Crippen LogP contribution in [0.1, 0.15) is 59.5 Å². The summed E-state index contributed by atoms with van der Waals surface area (Å²) in [4.78, 5) is 14.6. The molecule has 2 heterocycles. The summed E-state index contributed by atoms with van der Waals surface area (Å²) >= 11 is 0. The minimum Gasteiger partial charge on any atom is -0.493 e. The summed E-state index contributed by atoms with van der Waals surface area (Å²) in [5.41, 5.74) is 8.12. The van der Waals surface area contributed by atoms with Crippen LogP contribution >= 0.6 is 0 Å². The highest BCUT2D eigenvalue weighted by Gasteiger charge is 2.36. The molecule has 0 radical (unpaired) electrons. The van der Waals surface area contributed by atoms with E-state index in [0.29, 0.717) is 48.4 Å². The van der Waals surface area contributed by atoms with Crippen molar-refractivity contribution < 1.29 is 23.0 Å². The SMILES string of the molecule is COc1ccc(C(N)=O)c2c1OCC(N(CCCC1CNc3c(F)cc(F)cc31)C1CCC1)C2. The Hall–Kier alpha value is -2.87. The van der Waals surface area contributed by atoms with Gasteiger partial charge in [-0.3, -0.25) is 9.69 Å². The number of benzene rings is 2. The topological polar surface area (TPSA) is 76.8 Å². The number of hydrogen-bond acceptors (Lipinski definition) is 5. The van der Waals surface area contributed by atoms with E-state index in [4.69, 9.17) is 15.2 Å². The number of nitrogens with one attached hydrogen (secondary N) is 1. The van der Waals surface area contributed by atoms with Crippen molar-refractivity contribution in [3.05, 3.63) is 52.6 Å². The quantitative estimate of drug-likeness (QED) is 0.603. The molecule has 0 spiro atoms. The lowest BCUT2D eigenvalue weighted by Crippen LogP contribution is -2.51. The maximum Gasteiger partial charge on any atom is 0.249 e. The van der Waals surface area contributed by atoms with E-state index in [1.165, 1.54) is 12.5 Å². The molecule has 1 aliphatic carbocycles. The Bertz CT molecular complexity index is 1090. The molecule has 2 atom stereocenters. The molecule has 34 heavy (non-hydrogen) atoms. The molecular weight excluding hydrogens is 440 g/mol. The Morgan fingerprint density at radius 3 is 2.79 bits per heavy atom. The number of nitrogens with two attached hydrogens (primary N) is 1. The van der Waals surface area contributed by atoms with Crippen LogP contribution in [0.3, 0.4) is 0 Å². The first-order valence-corrected chi connectivity index (χ1v) is 12.1. The molecule has 1 fully saturated rings. The first kappa shape index (κ1) is 22.9. The summed E-state index contributed by atoms with van der Waals surface area (Å²) in [6.45, 7) is 2.01.